The quantitative estimate of drug-likeness (QED) is 0.334. The van der Waals surface area contributed by atoms with Crippen molar-refractivity contribution < 1.29 is 0 Å². The van der Waals surface area contributed by atoms with E-state index in [1.807, 2.05) is 0 Å². The highest BCUT2D eigenvalue weighted by Gasteiger charge is 2.09. The molecule has 0 saturated carbocycles. The maximum atomic E-state index is 4.55. The van der Waals surface area contributed by atoms with E-state index in [0.29, 0.717) is 0 Å². The molecule has 0 unspecified atom stereocenters. The predicted octanol–water partition coefficient (Wildman–Crippen LogP) is 6.01. The first kappa shape index (κ1) is 16.4. The van der Waals surface area contributed by atoms with Crippen LogP contribution in [0.2, 0.25) is 0 Å². The van der Waals surface area contributed by atoms with Crippen molar-refractivity contribution in [2.45, 2.75) is 96.1 Å². The summed E-state index contributed by atoms with van der Waals surface area (Å²) in [5.41, 5.74) is 0. The Morgan fingerprint density at radius 1 is 0.688 bits per heavy atom. The fourth-order valence-corrected chi connectivity index (χ4v) is 2.20. The highest BCUT2D eigenvalue weighted by molar-refractivity contribution is 7.81. The molecule has 0 aliphatic carbocycles. The first-order valence-corrected chi connectivity index (χ1v) is 7.73. The molecule has 0 bridgehead atoms. The van der Waals surface area contributed by atoms with Crippen LogP contribution in [0.25, 0.3) is 0 Å². The van der Waals surface area contributed by atoms with Crippen LogP contribution < -0.4 is 0 Å². The largest absolute Gasteiger partial charge is 0.173 e. The van der Waals surface area contributed by atoms with Gasteiger partial charge in [0.15, 0.2) is 0 Å². The van der Waals surface area contributed by atoms with Crippen LogP contribution in [0.5, 0.6) is 0 Å². The van der Waals surface area contributed by atoms with Crippen molar-refractivity contribution in [3.8, 4) is 0 Å². The molecule has 0 fully saturated rings. The average molecular weight is 244 g/mol. The first-order chi connectivity index (χ1) is 7.56. The summed E-state index contributed by atoms with van der Waals surface area (Å²) >= 11 is 4.55. The van der Waals surface area contributed by atoms with Gasteiger partial charge < -0.3 is 0 Å². The molecule has 0 aromatic heterocycles. The van der Waals surface area contributed by atoms with Crippen LogP contribution in [0, 0.1) is 0 Å². The molecule has 0 rings (SSSR count). The lowest BCUT2D eigenvalue weighted by Crippen LogP contribution is -2.09. The molecular weight excluding hydrogens is 212 g/mol. The molecule has 0 saturated heterocycles. The summed E-state index contributed by atoms with van der Waals surface area (Å²) in [6, 6.07) is 0. The van der Waals surface area contributed by atoms with Crippen molar-refractivity contribution in [3.05, 3.63) is 0 Å². The fraction of sp³-hybridized carbons (Fsp3) is 1.00. The predicted molar refractivity (Wildman–Crippen MR) is 79.5 cm³/mol. The molecule has 0 heterocycles. The van der Waals surface area contributed by atoms with Crippen LogP contribution in [-0.2, 0) is 0 Å². The monoisotopic (exact) mass is 244 g/mol. The van der Waals surface area contributed by atoms with E-state index in [1.54, 1.807) is 0 Å². The van der Waals surface area contributed by atoms with Gasteiger partial charge in [0.2, 0.25) is 0 Å². The Morgan fingerprint density at radius 3 is 1.44 bits per heavy atom. The molecule has 0 aromatic rings. The summed E-state index contributed by atoms with van der Waals surface area (Å²) in [5.74, 6) is 0. The molecule has 0 aliphatic heterocycles. The Balaban J connectivity index is 2.99. The second-order valence-electron chi connectivity index (χ2n) is 5.74. The van der Waals surface area contributed by atoms with Gasteiger partial charge in [-0.1, -0.05) is 85.0 Å². The third kappa shape index (κ3) is 14.4. The molecule has 0 spiro atoms. The van der Waals surface area contributed by atoms with Gasteiger partial charge in [-0.3, -0.25) is 0 Å². The third-order valence-corrected chi connectivity index (χ3v) is 3.37. The number of hydrogen-bond donors (Lipinski definition) is 1. The minimum atomic E-state index is 0.236. The van der Waals surface area contributed by atoms with Crippen LogP contribution in [-0.4, -0.2) is 4.75 Å². The molecule has 0 nitrogen and oxygen atoms in total. The molecule has 0 radical (unpaired) electrons. The van der Waals surface area contributed by atoms with Crippen molar-refractivity contribution in [2.24, 2.45) is 0 Å². The van der Waals surface area contributed by atoms with Crippen molar-refractivity contribution in [2.75, 3.05) is 0 Å². The second kappa shape index (κ2) is 10.5. The SMILES string of the molecule is CCCCCCCCCCCCC(C)(C)S. The van der Waals surface area contributed by atoms with E-state index in [2.05, 4.69) is 33.4 Å². The Hall–Kier alpha value is 0.350. The van der Waals surface area contributed by atoms with Crippen LogP contribution in [0.4, 0.5) is 0 Å². The molecule has 1 heteroatoms. The summed E-state index contributed by atoms with van der Waals surface area (Å²) in [7, 11) is 0. The van der Waals surface area contributed by atoms with Gasteiger partial charge >= 0.3 is 0 Å². The lowest BCUT2D eigenvalue weighted by atomic mass is 10.0. The Kier molecular flexibility index (Phi) is 10.7. The van der Waals surface area contributed by atoms with Gasteiger partial charge in [-0.2, -0.15) is 12.6 Å². The molecule has 0 aliphatic rings. The highest BCUT2D eigenvalue weighted by Crippen LogP contribution is 2.21. The molecule has 0 atom stereocenters. The smallest absolute Gasteiger partial charge is 0.00731 e. The minimum absolute atomic E-state index is 0.236. The van der Waals surface area contributed by atoms with Gasteiger partial charge in [-0.05, 0) is 6.42 Å². The van der Waals surface area contributed by atoms with Gasteiger partial charge in [-0.15, -0.1) is 0 Å². The zero-order valence-electron chi connectivity index (χ0n) is 11.7. The maximum Gasteiger partial charge on any atom is 0.00731 e. The van der Waals surface area contributed by atoms with Crippen molar-refractivity contribution in [1.82, 2.24) is 0 Å². The van der Waals surface area contributed by atoms with E-state index >= 15 is 0 Å². The van der Waals surface area contributed by atoms with Gasteiger partial charge in [0.05, 0.1) is 0 Å². The number of hydrogen-bond acceptors (Lipinski definition) is 1. The van der Waals surface area contributed by atoms with Crippen LogP contribution in [0.1, 0.15) is 91.4 Å². The lowest BCUT2D eigenvalue weighted by Gasteiger charge is -2.16. The topological polar surface area (TPSA) is 0 Å². The molecular formula is C15H32S. The average Bonchev–Trinajstić information content (AvgIpc) is 2.19. The third-order valence-electron chi connectivity index (χ3n) is 3.14. The molecule has 0 aromatic carbocycles. The highest BCUT2D eigenvalue weighted by atomic mass is 32.1. The minimum Gasteiger partial charge on any atom is -0.173 e. The van der Waals surface area contributed by atoms with Crippen LogP contribution >= 0.6 is 12.6 Å². The van der Waals surface area contributed by atoms with E-state index < -0.39 is 0 Å². The van der Waals surface area contributed by atoms with E-state index in [1.165, 1.54) is 70.6 Å². The molecule has 0 amide bonds. The fourth-order valence-electron chi connectivity index (χ4n) is 2.05. The standard InChI is InChI=1S/C15H32S/c1-4-5-6-7-8-9-10-11-12-13-14-15(2,3)16/h16H,4-14H2,1-3H3. The summed E-state index contributed by atoms with van der Waals surface area (Å²) in [4.78, 5) is 0. The van der Waals surface area contributed by atoms with Crippen molar-refractivity contribution in [3.63, 3.8) is 0 Å². The van der Waals surface area contributed by atoms with E-state index in [0.717, 1.165) is 0 Å². The van der Waals surface area contributed by atoms with Gasteiger partial charge in [-0.25, -0.2) is 0 Å². The molecule has 0 N–H and O–H groups in total. The van der Waals surface area contributed by atoms with E-state index in [9.17, 15) is 0 Å². The maximum absolute atomic E-state index is 4.55. The van der Waals surface area contributed by atoms with Crippen LogP contribution in [0.3, 0.4) is 0 Å². The van der Waals surface area contributed by atoms with Gasteiger partial charge in [0.1, 0.15) is 0 Å². The van der Waals surface area contributed by atoms with Crippen molar-refractivity contribution >= 4 is 12.6 Å². The second-order valence-corrected chi connectivity index (χ2v) is 6.96. The zero-order valence-corrected chi connectivity index (χ0v) is 12.6. The Bertz CT molecular complexity index is 135. The zero-order chi connectivity index (χ0) is 12.3. The number of rotatable bonds is 11. The summed E-state index contributed by atoms with van der Waals surface area (Å²) in [6.07, 6.45) is 15.5. The lowest BCUT2D eigenvalue weighted by molar-refractivity contribution is 0.527. The summed E-state index contributed by atoms with van der Waals surface area (Å²) < 4.78 is 0.236. The summed E-state index contributed by atoms with van der Waals surface area (Å²) in [6.45, 7) is 6.70. The van der Waals surface area contributed by atoms with Gasteiger partial charge in [0.25, 0.3) is 0 Å². The normalized spacial score (nSPS) is 12.0. The number of unbranched alkanes of at least 4 members (excludes halogenated alkanes) is 9. The number of thiol groups is 1. The Labute approximate surface area is 109 Å². The Morgan fingerprint density at radius 2 is 1.06 bits per heavy atom. The van der Waals surface area contributed by atoms with E-state index in [-0.39, 0.29) is 4.75 Å². The first-order valence-electron chi connectivity index (χ1n) is 7.28. The molecule has 16 heavy (non-hydrogen) atoms. The van der Waals surface area contributed by atoms with Crippen LogP contribution in [0.15, 0.2) is 0 Å². The van der Waals surface area contributed by atoms with Crippen molar-refractivity contribution in [1.29, 1.82) is 0 Å². The van der Waals surface area contributed by atoms with Gasteiger partial charge in [0, 0.05) is 4.75 Å². The summed E-state index contributed by atoms with van der Waals surface area (Å²) in [5, 5.41) is 0. The van der Waals surface area contributed by atoms with E-state index in [4.69, 9.17) is 0 Å². The molecule has 98 valence electrons.